The van der Waals surface area contributed by atoms with Crippen molar-refractivity contribution in [2.45, 2.75) is 37.2 Å². The minimum Gasteiger partial charge on any atom is -0.312 e. The van der Waals surface area contributed by atoms with E-state index in [1.54, 1.807) is 11.8 Å². The average molecular weight is 368 g/mol. The first-order valence-corrected chi connectivity index (χ1v) is 8.75. The summed E-state index contributed by atoms with van der Waals surface area (Å²) < 4.78 is 3.08. The number of aryl methyl sites for hydroxylation is 2. The Morgan fingerprint density at radius 2 is 1.95 bits per heavy atom. The van der Waals surface area contributed by atoms with Gasteiger partial charge in [-0.15, -0.1) is 0 Å². The van der Waals surface area contributed by atoms with Gasteiger partial charge in [-0.25, -0.2) is 0 Å². The molecule has 114 valence electrons. The predicted molar refractivity (Wildman–Crippen MR) is 92.8 cm³/mol. The number of hydrogen-bond acceptors (Lipinski definition) is 3. The van der Waals surface area contributed by atoms with E-state index < -0.39 is 0 Å². The Kier molecular flexibility index (Phi) is 5.90. The van der Waals surface area contributed by atoms with Crippen LogP contribution in [-0.4, -0.2) is 16.3 Å². The van der Waals surface area contributed by atoms with Crippen LogP contribution in [-0.2, 0) is 13.6 Å². The molecule has 0 aliphatic rings. The number of hydrogen-bond donors (Lipinski definition) is 1. The van der Waals surface area contributed by atoms with Crippen LogP contribution in [0.4, 0.5) is 0 Å². The molecular formula is C16H22BrN3S. The second-order valence-corrected chi connectivity index (χ2v) is 7.55. The number of nitrogens with zero attached hydrogens (tertiary/aromatic N) is 2. The van der Waals surface area contributed by atoms with E-state index in [0.717, 1.165) is 23.3 Å². The Hall–Kier alpha value is -0.780. The molecule has 0 amide bonds. The highest BCUT2D eigenvalue weighted by Gasteiger charge is 2.14. The minimum atomic E-state index is 0.657. The van der Waals surface area contributed by atoms with Crippen LogP contribution in [0.15, 0.2) is 38.7 Å². The van der Waals surface area contributed by atoms with Crippen molar-refractivity contribution in [3.63, 3.8) is 0 Å². The van der Waals surface area contributed by atoms with Gasteiger partial charge in [0.2, 0.25) is 0 Å². The summed E-state index contributed by atoms with van der Waals surface area (Å²) in [5.41, 5.74) is 2.40. The Balaban J connectivity index is 2.16. The maximum atomic E-state index is 4.57. The fourth-order valence-electron chi connectivity index (χ4n) is 2.11. The van der Waals surface area contributed by atoms with E-state index in [1.807, 2.05) is 11.7 Å². The van der Waals surface area contributed by atoms with Crippen LogP contribution in [0.2, 0.25) is 0 Å². The molecule has 1 aromatic carbocycles. The van der Waals surface area contributed by atoms with Gasteiger partial charge in [0.15, 0.2) is 0 Å². The van der Waals surface area contributed by atoms with Gasteiger partial charge in [-0.05, 0) is 43.7 Å². The van der Waals surface area contributed by atoms with Crippen LogP contribution in [0.25, 0.3) is 0 Å². The number of nitrogens with one attached hydrogen (secondary N) is 1. The third-order valence-electron chi connectivity index (χ3n) is 3.17. The van der Waals surface area contributed by atoms with Crippen LogP contribution >= 0.6 is 27.7 Å². The second-order valence-electron chi connectivity index (χ2n) is 5.57. The molecule has 0 fully saturated rings. The van der Waals surface area contributed by atoms with E-state index in [-0.39, 0.29) is 0 Å². The van der Waals surface area contributed by atoms with E-state index in [1.165, 1.54) is 15.5 Å². The highest BCUT2D eigenvalue weighted by Crippen LogP contribution is 2.32. The third kappa shape index (κ3) is 4.59. The minimum absolute atomic E-state index is 0.657. The zero-order valence-electron chi connectivity index (χ0n) is 13.0. The topological polar surface area (TPSA) is 29.9 Å². The van der Waals surface area contributed by atoms with E-state index in [2.05, 4.69) is 71.4 Å². The van der Waals surface area contributed by atoms with E-state index in [0.29, 0.717) is 5.92 Å². The summed E-state index contributed by atoms with van der Waals surface area (Å²) in [5.74, 6) is 0.657. The zero-order chi connectivity index (χ0) is 15.4. The first kappa shape index (κ1) is 16.6. The lowest BCUT2D eigenvalue weighted by Gasteiger charge is -2.09. The van der Waals surface area contributed by atoms with Gasteiger partial charge in [-0.1, -0.05) is 41.5 Å². The molecule has 0 unspecified atom stereocenters. The van der Waals surface area contributed by atoms with Crippen LogP contribution in [0.5, 0.6) is 0 Å². The summed E-state index contributed by atoms with van der Waals surface area (Å²) in [4.78, 5) is 1.23. The standard InChI is InChI=1S/C16H22BrN3S/c1-11(2)9-18-10-15-12(3)19-20(4)16(15)21-14-7-5-13(17)6-8-14/h5-8,11,18H,9-10H2,1-4H3. The smallest absolute Gasteiger partial charge is 0.103 e. The first-order valence-electron chi connectivity index (χ1n) is 7.14. The predicted octanol–water partition coefficient (Wildman–Crippen LogP) is 4.39. The summed E-state index contributed by atoms with van der Waals surface area (Å²) in [6.45, 7) is 8.42. The maximum Gasteiger partial charge on any atom is 0.103 e. The molecule has 0 saturated carbocycles. The van der Waals surface area contributed by atoms with Gasteiger partial charge in [0.05, 0.1) is 5.69 Å². The highest BCUT2D eigenvalue weighted by atomic mass is 79.9. The monoisotopic (exact) mass is 367 g/mol. The van der Waals surface area contributed by atoms with Crippen LogP contribution in [0, 0.1) is 12.8 Å². The Bertz CT molecular complexity index is 590. The average Bonchev–Trinajstić information content (AvgIpc) is 2.68. The Morgan fingerprint density at radius 1 is 1.29 bits per heavy atom. The van der Waals surface area contributed by atoms with Crippen molar-refractivity contribution in [2.24, 2.45) is 13.0 Å². The fraction of sp³-hybridized carbons (Fsp3) is 0.438. The molecule has 0 atom stereocenters. The van der Waals surface area contributed by atoms with E-state index in [9.17, 15) is 0 Å². The Morgan fingerprint density at radius 3 is 2.57 bits per heavy atom. The van der Waals surface area contributed by atoms with Crippen molar-refractivity contribution >= 4 is 27.7 Å². The van der Waals surface area contributed by atoms with Crippen molar-refractivity contribution in [3.8, 4) is 0 Å². The third-order valence-corrected chi connectivity index (χ3v) is 4.91. The molecule has 1 aromatic heterocycles. The maximum absolute atomic E-state index is 4.57. The molecule has 0 saturated heterocycles. The van der Waals surface area contributed by atoms with Crippen molar-refractivity contribution < 1.29 is 0 Å². The number of halogens is 1. The molecule has 21 heavy (non-hydrogen) atoms. The van der Waals surface area contributed by atoms with Crippen LogP contribution < -0.4 is 5.32 Å². The molecule has 0 aliphatic carbocycles. The van der Waals surface area contributed by atoms with Crippen LogP contribution in [0.3, 0.4) is 0 Å². The molecule has 5 heteroatoms. The van der Waals surface area contributed by atoms with Gasteiger partial charge >= 0.3 is 0 Å². The van der Waals surface area contributed by atoms with Gasteiger partial charge in [-0.2, -0.15) is 5.10 Å². The molecule has 1 heterocycles. The summed E-state index contributed by atoms with van der Waals surface area (Å²) in [6.07, 6.45) is 0. The van der Waals surface area contributed by atoms with Crippen molar-refractivity contribution in [1.29, 1.82) is 0 Å². The van der Waals surface area contributed by atoms with Crippen molar-refractivity contribution in [2.75, 3.05) is 6.54 Å². The van der Waals surface area contributed by atoms with Gasteiger partial charge in [0, 0.05) is 28.5 Å². The molecule has 0 bridgehead atoms. The molecule has 0 aliphatic heterocycles. The second kappa shape index (κ2) is 7.47. The largest absolute Gasteiger partial charge is 0.312 e. The van der Waals surface area contributed by atoms with Gasteiger partial charge in [-0.3, -0.25) is 4.68 Å². The van der Waals surface area contributed by atoms with Crippen molar-refractivity contribution in [1.82, 2.24) is 15.1 Å². The Labute approximate surface area is 139 Å². The summed E-state index contributed by atoms with van der Waals surface area (Å²) in [7, 11) is 2.01. The summed E-state index contributed by atoms with van der Waals surface area (Å²) in [5, 5.41) is 9.30. The molecule has 3 nitrogen and oxygen atoms in total. The summed E-state index contributed by atoms with van der Waals surface area (Å²) in [6, 6.07) is 8.40. The SMILES string of the molecule is Cc1nn(C)c(Sc2ccc(Br)cc2)c1CNCC(C)C. The lowest BCUT2D eigenvalue weighted by Crippen LogP contribution is -2.19. The molecule has 1 N–H and O–H groups in total. The van der Waals surface area contributed by atoms with Gasteiger partial charge in [0.25, 0.3) is 0 Å². The number of benzene rings is 1. The first-order chi connectivity index (χ1) is 9.97. The molecule has 2 aromatic rings. The molecule has 0 spiro atoms. The van der Waals surface area contributed by atoms with Gasteiger partial charge in [0.1, 0.15) is 5.03 Å². The van der Waals surface area contributed by atoms with E-state index >= 15 is 0 Å². The normalized spacial score (nSPS) is 11.3. The number of aromatic nitrogens is 2. The lowest BCUT2D eigenvalue weighted by molar-refractivity contribution is 0.548. The van der Waals surface area contributed by atoms with Crippen LogP contribution in [0.1, 0.15) is 25.1 Å². The number of rotatable bonds is 6. The summed E-state index contributed by atoms with van der Waals surface area (Å²) >= 11 is 5.24. The fourth-order valence-corrected chi connectivity index (χ4v) is 3.39. The van der Waals surface area contributed by atoms with Gasteiger partial charge < -0.3 is 5.32 Å². The quantitative estimate of drug-likeness (QED) is 0.820. The molecular weight excluding hydrogens is 346 g/mol. The highest BCUT2D eigenvalue weighted by molar-refractivity contribution is 9.10. The molecule has 2 rings (SSSR count). The van der Waals surface area contributed by atoms with Crippen molar-refractivity contribution in [3.05, 3.63) is 40.0 Å². The molecule has 0 radical (unpaired) electrons. The zero-order valence-corrected chi connectivity index (χ0v) is 15.4. The lowest BCUT2D eigenvalue weighted by atomic mass is 10.2. The van der Waals surface area contributed by atoms with E-state index in [4.69, 9.17) is 0 Å².